The van der Waals surface area contributed by atoms with Crippen LogP contribution < -0.4 is 10.6 Å². The van der Waals surface area contributed by atoms with Gasteiger partial charge in [0, 0.05) is 17.8 Å². The molecule has 1 saturated carbocycles. The van der Waals surface area contributed by atoms with Crippen LogP contribution in [0.1, 0.15) is 44.2 Å². The van der Waals surface area contributed by atoms with E-state index in [2.05, 4.69) is 10.6 Å². The lowest BCUT2D eigenvalue weighted by Gasteiger charge is -2.28. The van der Waals surface area contributed by atoms with Crippen molar-refractivity contribution in [2.45, 2.75) is 44.8 Å². The lowest BCUT2D eigenvalue weighted by atomic mass is 9.95. The zero-order valence-electron chi connectivity index (χ0n) is 13.8. The first-order valence-electron chi connectivity index (χ1n) is 8.19. The molecule has 2 amide bonds. The molecule has 0 aromatic heterocycles. The molecule has 0 saturated heterocycles. The van der Waals surface area contributed by atoms with Gasteiger partial charge in [0.25, 0.3) is 5.69 Å². The van der Waals surface area contributed by atoms with E-state index in [4.69, 9.17) is 4.74 Å². The number of urea groups is 1. The maximum Gasteiger partial charge on any atom is 0.338 e. The number of nitro benzene ring substituents is 1. The van der Waals surface area contributed by atoms with Gasteiger partial charge in [0.05, 0.1) is 16.5 Å². The summed E-state index contributed by atoms with van der Waals surface area (Å²) in [5, 5.41) is 16.2. The quantitative estimate of drug-likeness (QED) is 0.495. The summed E-state index contributed by atoms with van der Waals surface area (Å²) in [6.07, 6.45) is 3.60. The molecule has 3 rings (SSSR count). The molecular weight excluding hydrogens is 326 g/mol. The van der Waals surface area contributed by atoms with Crippen molar-refractivity contribution in [3.8, 4) is 0 Å². The highest BCUT2D eigenvalue weighted by Crippen LogP contribution is 2.31. The van der Waals surface area contributed by atoms with Crippen molar-refractivity contribution in [3.05, 3.63) is 51.2 Å². The van der Waals surface area contributed by atoms with Gasteiger partial charge in [-0.2, -0.15) is 0 Å². The minimum Gasteiger partial charge on any atom is -0.459 e. The topological polar surface area (TPSA) is 111 Å². The van der Waals surface area contributed by atoms with E-state index >= 15 is 0 Å². The van der Waals surface area contributed by atoms with Gasteiger partial charge in [0.1, 0.15) is 6.10 Å². The summed E-state index contributed by atoms with van der Waals surface area (Å²) < 4.78 is 5.56. The van der Waals surface area contributed by atoms with Gasteiger partial charge in [0.15, 0.2) is 0 Å². The second kappa shape index (κ2) is 6.92. The lowest BCUT2D eigenvalue weighted by Crippen LogP contribution is -2.45. The zero-order chi connectivity index (χ0) is 18.0. The summed E-state index contributed by atoms with van der Waals surface area (Å²) in [5.41, 5.74) is 1.02. The fourth-order valence-corrected chi connectivity index (χ4v) is 3.25. The van der Waals surface area contributed by atoms with Gasteiger partial charge in [0.2, 0.25) is 0 Å². The minimum absolute atomic E-state index is 0.105. The van der Waals surface area contributed by atoms with Crippen LogP contribution in [-0.4, -0.2) is 23.0 Å². The highest BCUT2D eigenvalue weighted by molar-refractivity contribution is 5.95. The molecule has 1 fully saturated rings. The Balaban J connectivity index is 1.93. The van der Waals surface area contributed by atoms with Crippen molar-refractivity contribution >= 4 is 17.7 Å². The van der Waals surface area contributed by atoms with Crippen molar-refractivity contribution < 1.29 is 19.2 Å². The molecule has 0 unspecified atom stereocenters. The molecule has 0 radical (unpaired) electrons. The summed E-state index contributed by atoms with van der Waals surface area (Å²) in [4.78, 5) is 35.0. The number of nitrogens with one attached hydrogen (secondary N) is 2. The van der Waals surface area contributed by atoms with E-state index in [1.54, 1.807) is 13.0 Å². The maximum absolute atomic E-state index is 12.7. The van der Waals surface area contributed by atoms with E-state index in [0.717, 1.165) is 25.7 Å². The summed E-state index contributed by atoms with van der Waals surface area (Å²) >= 11 is 0. The number of carbonyl (C=O) groups excluding carboxylic acids is 2. The average Bonchev–Trinajstić information content (AvgIpc) is 3.07. The smallest absolute Gasteiger partial charge is 0.338 e. The number of benzene rings is 1. The van der Waals surface area contributed by atoms with Crippen LogP contribution >= 0.6 is 0 Å². The van der Waals surface area contributed by atoms with E-state index in [1.165, 1.54) is 18.2 Å². The molecule has 1 atom stereocenters. The number of esters is 1. The number of hydrogen-bond acceptors (Lipinski definition) is 5. The number of nitro groups is 1. The number of rotatable bonds is 4. The SMILES string of the molecule is CC1=C(C(=O)OC2CCCC2)[C@H](c2cccc([N+](=O)[O-])c2)NC(=O)N1. The Morgan fingerprint density at radius 2 is 2.04 bits per heavy atom. The first-order valence-corrected chi connectivity index (χ1v) is 8.19. The van der Waals surface area contributed by atoms with E-state index < -0.39 is 23.0 Å². The first-order chi connectivity index (χ1) is 12.0. The second-order valence-electron chi connectivity index (χ2n) is 6.23. The molecule has 2 aliphatic rings. The minimum atomic E-state index is -0.789. The van der Waals surface area contributed by atoms with Crippen LogP contribution in [0, 0.1) is 10.1 Å². The number of ether oxygens (including phenoxy) is 1. The van der Waals surface area contributed by atoms with Crippen LogP contribution in [0.5, 0.6) is 0 Å². The molecule has 1 aromatic carbocycles. The van der Waals surface area contributed by atoms with E-state index in [-0.39, 0.29) is 17.4 Å². The van der Waals surface area contributed by atoms with Crippen LogP contribution in [0.3, 0.4) is 0 Å². The first kappa shape index (κ1) is 16.9. The van der Waals surface area contributed by atoms with Crippen LogP contribution in [0.25, 0.3) is 0 Å². The van der Waals surface area contributed by atoms with E-state index in [9.17, 15) is 19.7 Å². The van der Waals surface area contributed by atoms with Gasteiger partial charge < -0.3 is 15.4 Å². The fourth-order valence-electron chi connectivity index (χ4n) is 3.25. The molecule has 8 heteroatoms. The number of allylic oxidation sites excluding steroid dienone is 1. The van der Waals surface area contributed by atoms with Crippen LogP contribution in [-0.2, 0) is 9.53 Å². The molecule has 1 aliphatic heterocycles. The highest BCUT2D eigenvalue weighted by Gasteiger charge is 2.34. The molecule has 1 heterocycles. The third-order valence-corrected chi connectivity index (χ3v) is 4.48. The van der Waals surface area contributed by atoms with Crippen LogP contribution in [0.4, 0.5) is 10.5 Å². The standard InChI is InChI=1S/C17H19N3O5/c1-10-14(16(21)25-13-7-2-3-8-13)15(19-17(22)18-10)11-5-4-6-12(9-11)20(23)24/h4-6,9,13,15H,2-3,7-8H2,1H3,(H2,18,19,22)/t15-/m0/s1. The number of non-ortho nitro benzene ring substituents is 1. The highest BCUT2D eigenvalue weighted by atomic mass is 16.6. The third-order valence-electron chi connectivity index (χ3n) is 4.48. The number of nitrogens with zero attached hydrogens (tertiary/aromatic N) is 1. The summed E-state index contributed by atoms with van der Waals surface area (Å²) in [6, 6.07) is 4.62. The van der Waals surface area contributed by atoms with Gasteiger partial charge in [-0.05, 0) is 38.2 Å². The van der Waals surface area contributed by atoms with E-state index in [0.29, 0.717) is 11.3 Å². The Morgan fingerprint density at radius 3 is 2.72 bits per heavy atom. The Kier molecular flexibility index (Phi) is 4.69. The van der Waals surface area contributed by atoms with Crippen molar-refractivity contribution in [1.29, 1.82) is 0 Å². The van der Waals surface area contributed by atoms with Gasteiger partial charge >= 0.3 is 12.0 Å². The molecule has 132 valence electrons. The summed E-state index contributed by atoms with van der Waals surface area (Å²) in [7, 11) is 0. The van der Waals surface area contributed by atoms with Gasteiger partial charge in [-0.3, -0.25) is 10.1 Å². The van der Waals surface area contributed by atoms with Crippen molar-refractivity contribution in [3.63, 3.8) is 0 Å². The summed E-state index contributed by atoms with van der Waals surface area (Å²) in [5.74, 6) is -0.506. The average molecular weight is 345 g/mol. The Morgan fingerprint density at radius 1 is 1.32 bits per heavy atom. The number of amides is 2. The second-order valence-corrected chi connectivity index (χ2v) is 6.23. The normalized spacial score (nSPS) is 20.8. The Hall–Kier alpha value is -2.90. The van der Waals surface area contributed by atoms with Gasteiger partial charge in [-0.1, -0.05) is 12.1 Å². The van der Waals surface area contributed by atoms with Crippen LogP contribution in [0.2, 0.25) is 0 Å². The molecule has 0 spiro atoms. The Bertz CT molecular complexity index is 752. The van der Waals surface area contributed by atoms with Crippen LogP contribution in [0.15, 0.2) is 35.5 Å². The predicted molar refractivity (Wildman–Crippen MR) is 88.6 cm³/mol. The monoisotopic (exact) mass is 345 g/mol. The third kappa shape index (κ3) is 3.62. The van der Waals surface area contributed by atoms with E-state index in [1.807, 2.05) is 0 Å². The summed E-state index contributed by atoms with van der Waals surface area (Å²) in [6.45, 7) is 1.62. The fraction of sp³-hybridized carbons (Fsp3) is 0.412. The number of hydrogen-bond donors (Lipinski definition) is 2. The molecule has 25 heavy (non-hydrogen) atoms. The van der Waals surface area contributed by atoms with Crippen molar-refractivity contribution in [2.24, 2.45) is 0 Å². The largest absolute Gasteiger partial charge is 0.459 e. The molecule has 2 N–H and O–H groups in total. The molecular formula is C17H19N3O5. The van der Waals surface area contributed by atoms with Crippen molar-refractivity contribution in [2.75, 3.05) is 0 Å². The Labute approximate surface area is 144 Å². The van der Waals surface area contributed by atoms with Gasteiger partial charge in [-0.15, -0.1) is 0 Å². The zero-order valence-corrected chi connectivity index (χ0v) is 13.8. The predicted octanol–water partition coefficient (Wildman–Crippen LogP) is 2.71. The molecule has 8 nitrogen and oxygen atoms in total. The molecule has 0 bridgehead atoms. The molecule has 1 aliphatic carbocycles. The molecule has 1 aromatic rings. The number of carbonyl (C=O) groups is 2. The maximum atomic E-state index is 12.7. The van der Waals surface area contributed by atoms with Gasteiger partial charge in [-0.25, -0.2) is 9.59 Å². The van der Waals surface area contributed by atoms with Crippen molar-refractivity contribution in [1.82, 2.24) is 10.6 Å². The lowest BCUT2D eigenvalue weighted by molar-refractivity contribution is -0.384.